The average molecular weight is 268 g/mol. The van der Waals surface area contributed by atoms with Crippen LogP contribution in [0.1, 0.15) is 90.9 Å². The minimum Gasteiger partial charge on any atom is -0.356 e. The van der Waals surface area contributed by atoms with Crippen molar-refractivity contribution in [3.8, 4) is 11.8 Å². The normalized spacial score (nSPS) is 11.2. The van der Waals surface area contributed by atoms with Crippen molar-refractivity contribution in [2.45, 2.75) is 96.7 Å². The van der Waals surface area contributed by atoms with Gasteiger partial charge in [0.2, 0.25) is 5.79 Å². The molecule has 0 unspecified atom stereocenters. The van der Waals surface area contributed by atoms with Crippen LogP contribution in [0.4, 0.5) is 0 Å². The third kappa shape index (κ3) is 17.5. The molecule has 0 aromatic heterocycles. The van der Waals surface area contributed by atoms with E-state index in [-0.39, 0.29) is 0 Å². The molecule has 0 bridgehead atoms. The zero-order valence-corrected chi connectivity index (χ0v) is 12.9. The first-order valence-corrected chi connectivity index (χ1v) is 8.01. The fraction of sp³-hybridized carbons (Fsp3) is 0.882. The van der Waals surface area contributed by atoms with Gasteiger partial charge in [0, 0.05) is 13.3 Å². The highest BCUT2D eigenvalue weighted by atomic mass is 16.5. The molecule has 2 N–H and O–H groups in total. The Hall–Kier alpha value is -0.520. The maximum atomic E-state index is 8.98. The molecule has 0 saturated heterocycles. The minimum absolute atomic E-state index is 0.772. The second-order valence-electron chi connectivity index (χ2n) is 5.61. The summed E-state index contributed by atoms with van der Waals surface area (Å²) in [5.74, 6) is 3.40. The third-order valence-electron chi connectivity index (χ3n) is 3.23. The number of unbranched alkanes of at least 4 members (excludes halogenated alkanes) is 11. The van der Waals surface area contributed by atoms with E-state index in [1.54, 1.807) is 0 Å². The number of rotatable bonds is 11. The molecule has 0 atom stereocenters. The molecule has 0 spiro atoms. The lowest BCUT2D eigenvalue weighted by atomic mass is 10.1. The molecule has 2 nitrogen and oxygen atoms in total. The van der Waals surface area contributed by atoms with Crippen LogP contribution in [0, 0.1) is 11.8 Å². The van der Waals surface area contributed by atoms with Gasteiger partial charge in [-0.15, -0.1) is 0 Å². The van der Waals surface area contributed by atoms with Crippen molar-refractivity contribution < 1.29 is 10.2 Å². The highest BCUT2D eigenvalue weighted by Crippen LogP contribution is 2.11. The number of hydrogen-bond donors (Lipinski definition) is 2. The Balaban J connectivity index is 3.12. The number of hydrogen-bond acceptors (Lipinski definition) is 2. The van der Waals surface area contributed by atoms with Crippen molar-refractivity contribution in [1.82, 2.24) is 0 Å². The zero-order chi connectivity index (χ0) is 14.4. The van der Waals surface area contributed by atoms with Crippen molar-refractivity contribution in [1.29, 1.82) is 0 Å². The molecule has 0 rings (SSSR count). The molecule has 0 aliphatic carbocycles. The standard InChI is InChI=1S/C17H32O2/c1-3-4-5-6-7-8-9-10-11-12-13-14-15-16-17(2,18)19/h18-19H,3-14H2,1-2H3. The van der Waals surface area contributed by atoms with Gasteiger partial charge in [-0.05, 0) is 12.3 Å². The molecule has 112 valence electrons. The van der Waals surface area contributed by atoms with E-state index in [9.17, 15) is 0 Å². The summed E-state index contributed by atoms with van der Waals surface area (Å²) in [6.45, 7) is 3.55. The highest BCUT2D eigenvalue weighted by molar-refractivity contribution is 5.06. The molecule has 0 saturated carbocycles. The molecule has 0 amide bonds. The van der Waals surface area contributed by atoms with Crippen molar-refractivity contribution in [2.24, 2.45) is 0 Å². The Kier molecular flexibility index (Phi) is 12.2. The summed E-state index contributed by atoms with van der Waals surface area (Å²) in [6, 6.07) is 0. The van der Waals surface area contributed by atoms with E-state index in [0.717, 1.165) is 12.8 Å². The minimum atomic E-state index is -1.82. The van der Waals surface area contributed by atoms with Gasteiger partial charge < -0.3 is 10.2 Å². The third-order valence-corrected chi connectivity index (χ3v) is 3.23. The quantitative estimate of drug-likeness (QED) is 0.331. The molecular formula is C17H32O2. The first-order valence-electron chi connectivity index (χ1n) is 8.01. The van der Waals surface area contributed by atoms with Crippen LogP contribution in [0.3, 0.4) is 0 Å². The van der Waals surface area contributed by atoms with Gasteiger partial charge in [0.1, 0.15) is 0 Å². The fourth-order valence-corrected chi connectivity index (χ4v) is 2.11. The monoisotopic (exact) mass is 268 g/mol. The maximum absolute atomic E-state index is 8.98. The van der Waals surface area contributed by atoms with Crippen LogP contribution in [0.15, 0.2) is 0 Å². The number of aliphatic hydroxyl groups is 2. The van der Waals surface area contributed by atoms with E-state index in [2.05, 4.69) is 18.8 Å². The maximum Gasteiger partial charge on any atom is 0.225 e. The van der Waals surface area contributed by atoms with E-state index >= 15 is 0 Å². The van der Waals surface area contributed by atoms with E-state index < -0.39 is 5.79 Å². The molecule has 0 radical (unpaired) electrons. The van der Waals surface area contributed by atoms with Gasteiger partial charge in [-0.3, -0.25) is 0 Å². The van der Waals surface area contributed by atoms with Gasteiger partial charge in [-0.25, -0.2) is 0 Å². The Morgan fingerprint density at radius 1 is 0.737 bits per heavy atom. The summed E-state index contributed by atoms with van der Waals surface area (Å²) >= 11 is 0. The van der Waals surface area contributed by atoms with Crippen LogP contribution in [0.2, 0.25) is 0 Å². The van der Waals surface area contributed by atoms with E-state index in [0.29, 0.717) is 0 Å². The van der Waals surface area contributed by atoms with Crippen LogP contribution in [-0.4, -0.2) is 16.0 Å². The second-order valence-corrected chi connectivity index (χ2v) is 5.61. The van der Waals surface area contributed by atoms with Crippen molar-refractivity contribution in [3.05, 3.63) is 0 Å². The molecule has 19 heavy (non-hydrogen) atoms. The Bertz CT molecular complexity index is 242. The Morgan fingerprint density at radius 2 is 1.16 bits per heavy atom. The zero-order valence-electron chi connectivity index (χ0n) is 12.9. The molecule has 0 aliphatic heterocycles. The lowest BCUT2D eigenvalue weighted by Crippen LogP contribution is -2.19. The molecule has 0 aromatic rings. The summed E-state index contributed by atoms with van der Waals surface area (Å²) < 4.78 is 0. The van der Waals surface area contributed by atoms with Gasteiger partial charge >= 0.3 is 0 Å². The van der Waals surface area contributed by atoms with Gasteiger partial charge in [0.15, 0.2) is 0 Å². The van der Waals surface area contributed by atoms with Gasteiger partial charge in [-0.1, -0.05) is 77.1 Å². The van der Waals surface area contributed by atoms with Crippen LogP contribution < -0.4 is 0 Å². The van der Waals surface area contributed by atoms with Gasteiger partial charge in [0.25, 0.3) is 0 Å². The van der Waals surface area contributed by atoms with Crippen LogP contribution in [0.25, 0.3) is 0 Å². The lowest BCUT2D eigenvalue weighted by Gasteiger charge is -2.04. The van der Waals surface area contributed by atoms with Crippen molar-refractivity contribution in [3.63, 3.8) is 0 Å². The Morgan fingerprint density at radius 3 is 1.58 bits per heavy atom. The molecule has 0 aromatic carbocycles. The predicted octanol–water partition coefficient (Wildman–Crippen LogP) is 4.39. The summed E-state index contributed by atoms with van der Waals surface area (Å²) in [5, 5.41) is 18.0. The molecular weight excluding hydrogens is 236 g/mol. The lowest BCUT2D eigenvalue weighted by molar-refractivity contribution is -0.0915. The molecule has 0 heterocycles. The summed E-state index contributed by atoms with van der Waals surface area (Å²) in [7, 11) is 0. The Labute approximate surface area is 119 Å². The summed E-state index contributed by atoms with van der Waals surface area (Å²) in [6.07, 6.45) is 15.3. The van der Waals surface area contributed by atoms with Crippen molar-refractivity contribution in [2.75, 3.05) is 0 Å². The smallest absolute Gasteiger partial charge is 0.225 e. The van der Waals surface area contributed by atoms with Crippen LogP contribution in [0.5, 0.6) is 0 Å². The topological polar surface area (TPSA) is 40.5 Å². The summed E-state index contributed by atoms with van der Waals surface area (Å²) in [5.41, 5.74) is 0. The second kappa shape index (κ2) is 12.5. The van der Waals surface area contributed by atoms with E-state index in [4.69, 9.17) is 10.2 Å². The SMILES string of the molecule is CCCCCCCCCCCCCC#CC(C)(O)O. The molecule has 0 fully saturated rings. The molecule has 2 heteroatoms. The largest absolute Gasteiger partial charge is 0.356 e. The van der Waals surface area contributed by atoms with E-state index in [1.807, 2.05) is 0 Å². The first kappa shape index (κ1) is 18.5. The highest BCUT2D eigenvalue weighted by Gasteiger charge is 2.07. The fourth-order valence-electron chi connectivity index (χ4n) is 2.11. The van der Waals surface area contributed by atoms with Gasteiger partial charge in [-0.2, -0.15) is 0 Å². The van der Waals surface area contributed by atoms with E-state index in [1.165, 1.54) is 71.1 Å². The van der Waals surface area contributed by atoms with Crippen LogP contribution >= 0.6 is 0 Å². The average Bonchev–Trinajstić information content (AvgIpc) is 2.34. The molecule has 0 aliphatic rings. The first-order chi connectivity index (χ1) is 9.06. The predicted molar refractivity (Wildman–Crippen MR) is 81.7 cm³/mol. The van der Waals surface area contributed by atoms with Crippen LogP contribution in [-0.2, 0) is 0 Å². The van der Waals surface area contributed by atoms with Gasteiger partial charge in [0.05, 0.1) is 0 Å². The summed E-state index contributed by atoms with van der Waals surface area (Å²) in [4.78, 5) is 0. The van der Waals surface area contributed by atoms with Crippen molar-refractivity contribution >= 4 is 0 Å².